The van der Waals surface area contributed by atoms with Gasteiger partial charge in [0.15, 0.2) is 0 Å². The minimum atomic E-state index is 0.0523. The van der Waals surface area contributed by atoms with Crippen LogP contribution in [0.1, 0.15) is 15.5 Å². The van der Waals surface area contributed by atoms with E-state index in [0.29, 0.717) is 6.42 Å². The Hall–Kier alpha value is -1.94. The molecule has 0 aliphatic carbocycles. The van der Waals surface area contributed by atoms with E-state index in [4.69, 9.17) is 0 Å². The molecule has 0 aliphatic rings. The molecule has 0 saturated carbocycles. The van der Waals surface area contributed by atoms with E-state index in [0.717, 1.165) is 21.5 Å². The Labute approximate surface area is 109 Å². The average Bonchev–Trinajstić information content (AvgIpc) is 2.95. The fraction of sp³-hybridized carbons (Fsp3) is 0.143. The average molecular weight is 256 g/mol. The molecule has 2 heterocycles. The molecule has 0 radical (unpaired) electrons. The Morgan fingerprint density at radius 3 is 2.50 bits per heavy atom. The van der Waals surface area contributed by atoms with E-state index in [-0.39, 0.29) is 5.91 Å². The molecule has 18 heavy (non-hydrogen) atoms. The smallest absolute Gasteiger partial charge is 0.236 e. The van der Waals surface area contributed by atoms with Gasteiger partial charge < -0.3 is 0 Å². The van der Waals surface area contributed by atoms with Crippen molar-refractivity contribution in [2.24, 2.45) is 0 Å². The molecular formula is C14H12N2OS. The zero-order valence-corrected chi connectivity index (χ0v) is 10.8. The van der Waals surface area contributed by atoms with Crippen LogP contribution in [0.15, 0.2) is 42.0 Å². The van der Waals surface area contributed by atoms with Gasteiger partial charge in [0.1, 0.15) is 0 Å². The fourth-order valence-electron chi connectivity index (χ4n) is 1.96. The number of benzene rings is 1. The SMILES string of the molecule is Cc1nc(CC(=O)n2cc3ccccc3c2)cs1. The third-order valence-electron chi connectivity index (χ3n) is 2.84. The molecule has 0 spiro atoms. The largest absolute Gasteiger partial charge is 0.293 e. The zero-order chi connectivity index (χ0) is 12.5. The fourth-order valence-corrected chi connectivity index (χ4v) is 2.58. The number of aryl methyl sites for hydroxylation is 1. The summed E-state index contributed by atoms with van der Waals surface area (Å²) in [6.45, 7) is 1.95. The first-order valence-electron chi connectivity index (χ1n) is 5.73. The molecule has 0 aliphatic heterocycles. The van der Waals surface area contributed by atoms with E-state index < -0.39 is 0 Å². The van der Waals surface area contributed by atoms with E-state index >= 15 is 0 Å². The number of hydrogen-bond acceptors (Lipinski definition) is 3. The summed E-state index contributed by atoms with van der Waals surface area (Å²) in [5.74, 6) is 0.0523. The van der Waals surface area contributed by atoms with Crippen LogP contribution in [0, 0.1) is 6.92 Å². The first kappa shape index (κ1) is 11.2. The van der Waals surface area contributed by atoms with Gasteiger partial charge in [0.25, 0.3) is 0 Å². The lowest BCUT2D eigenvalue weighted by Gasteiger charge is -1.98. The number of aromatic nitrogens is 2. The van der Waals surface area contributed by atoms with Crippen molar-refractivity contribution in [3.63, 3.8) is 0 Å². The number of fused-ring (bicyclic) bond motifs is 1. The first-order chi connectivity index (χ1) is 8.72. The van der Waals surface area contributed by atoms with E-state index in [1.165, 1.54) is 0 Å². The van der Waals surface area contributed by atoms with Gasteiger partial charge in [0.05, 0.1) is 17.1 Å². The summed E-state index contributed by atoms with van der Waals surface area (Å²) in [5.41, 5.74) is 0.847. The van der Waals surface area contributed by atoms with Gasteiger partial charge in [-0.05, 0) is 17.7 Å². The Morgan fingerprint density at radius 2 is 1.94 bits per heavy atom. The lowest BCUT2D eigenvalue weighted by Crippen LogP contribution is -2.11. The van der Waals surface area contributed by atoms with E-state index in [2.05, 4.69) is 4.98 Å². The predicted molar refractivity (Wildman–Crippen MR) is 73.1 cm³/mol. The molecule has 0 atom stereocenters. The maximum Gasteiger partial charge on any atom is 0.236 e. The third kappa shape index (κ3) is 2.07. The zero-order valence-electron chi connectivity index (χ0n) is 9.96. The second-order valence-corrected chi connectivity index (χ2v) is 5.28. The van der Waals surface area contributed by atoms with Gasteiger partial charge in [-0.25, -0.2) is 4.98 Å². The number of hydrogen-bond donors (Lipinski definition) is 0. The molecule has 3 aromatic rings. The standard InChI is InChI=1S/C14H12N2OS/c1-10-15-13(9-18-10)6-14(17)16-7-11-4-2-3-5-12(11)8-16/h2-5,7-9H,6H2,1H3. The van der Waals surface area contributed by atoms with Crippen LogP contribution in [-0.2, 0) is 6.42 Å². The van der Waals surface area contributed by atoms with Crippen LogP contribution in [0.25, 0.3) is 10.8 Å². The van der Waals surface area contributed by atoms with Gasteiger partial charge in [-0.2, -0.15) is 0 Å². The highest BCUT2D eigenvalue weighted by molar-refractivity contribution is 7.09. The predicted octanol–water partition coefficient (Wildman–Crippen LogP) is 3.29. The highest BCUT2D eigenvalue weighted by Gasteiger charge is 2.09. The van der Waals surface area contributed by atoms with Gasteiger partial charge in [0, 0.05) is 17.8 Å². The van der Waals surface area contributed by atoms with Crippen molar-refractivity contribution >= 4 is 28.0 Å². The molecule has 0 saturated heterocycles. The van der Waals surface area contributed by atoms with Crippen LogP contribution in [-0.4, -0.2) is 15.5 Å². The second kappa shape index (κ2) is 4.38. The first-order valence-corrected chi connectivity index (χ1v) is 6.61. The summed E-state index contributed by atoms with van der Waals surface area (Å²) in [5, 5.41) is 5.10. The van der Waals surface area contributed by atoms with Crippen molar-refractivity contribution < 1.29 is 4.79 Å². The maximum absolute atomic E-state index is 12.1. The minimum absolute atomic E-state index is 0.0523. The number of thiazole rings is 1. The van der Waals surface area contributed by atoms with E-state index in [9.17, 15) is 4.79 Å². The Balaban J connectivity index is 1.87. The number of rotatable bonds is 2. The molecule has 1 aromatic carbocycles. The van der Waals surface area contributed by atoms with Crippen molar-refractivity contribution in [2.75, 3.05) is 0 Å². The number of carbonyl (C=O) groups excluding carboxylic acids is 1. The maximum atomic E-state index is 12.1. The van der Waals surface area contributed by atoms with E-state index in [1.54, 1.807) is 15.9 Å². The summed E-state index contributed by atoms with van der Waals surface area (Å²) in [6, 6.07) is 7.96. The quantitative estimate of drug-likeness (QED) is 0.705. The summed E-state index contributed by atoms with van der Waals surface area (Å²) in [6.07, 6.45) is 4.10. The molecular weight excluding hydrogens is 244 g/mol. The number of nitrogens with zero attached hydrogens (tertiary/aromatic N) is 2. The lowest BCUT2D eigenvalue weighted by atomic mass is 10.2. The van der Waals surface area contributed by atoms with Crippen molar-refractivity contribution in [1.82, 2.24) is 9.55 Å². The van der Waals surface area contributed by atoms with Crippen molar-refractivity contribution in [1.29, 1.82) is 0 Å². The molecule has 0 N–H and O–H groups in total. The molecule has 4 heteroatoms. The van der Waals surface area contributed by atoms with Crippen molar-refractivity contribution in [3.05, 3.63) is 52.7 Å². The summed E-state index contributed by atoms with van der Waals surface area (Å²) < 4.78 is 1.65. The molecule has 2 aromatic heterocycles. The highest BCUT2D eigenvalue weighted by atomic mass is 32.1. The molecule has 3 rings (SSSR count). The van der Waals surface area contributed by atoms with Crippen LogP contribution >= 0.6 is 11.3 Å². The van der Waals surface area contributed by atoms with Gasteiger partial charge >= 0.3 is 0 Å². The third-order valence-corrected chi connectivity index (χ3v) is 3.66. The Kier molecular flexibility index (Phi) is 2.72. The van der Waals surface area contributed by atoms with Crippen LogP contribution in [0.4, 0.5) is 0 Å². The second-order valence-electron chi connectivity index (χ2n) is 4.22. The summed E-state index contributed by atoms with van der Waals surface area (Å²) in [4.78, 5) is 16.4. The number of carbonyl (C=O) groups is 1. The van der Waals surface area contributed by atoms with E-state index in [1.807, 2.05) is 49.0 Å². The minimum Gasteiger partial charge on any atom is -0.293 e. The van der Waals surface area contributed by atoms with Gasteiger partial charge in [0.2, 0.25) is 5.91 Å². The highest BCUT2D eigenvalue weighted by Crippen LogP contribution is 2.15. The molecule has 90 valence electrons. The normalized spacial score (nSPS) is 10.9. The monoisotopic (exact) mass is 256 g/mol. The molecule has 0 fully saturated rings. The Morgan fingerprint density at radius 1 is 1.28 bits per heavy atom. The summed E-state index contributed by atoms with van der Waals surface area (Å²) >= 11 is 1.57. The molecule has 0 bridgehead atoms. The molecule has 0 amide bonds. The topological polar surface area (TPSA) is 34.9 Å². The van der Waals surface area contributed by atoms with Crippen molar-refractivity contribution in [2.45, 2.75) is 13.3 Å². The lowest BCUT2D eigenvalue weighted by molar-refractivity contribution is 0.0914. The van der Waals surface area contributed by atoms with Crippen LogP contribution in [0.3, 0.4) is 0 Å². The van der Waals surface area contributed by atoms with Gasteiger partial charge in [-0.3, -0.25) is 9.36 Å². The summed E-state index contributed by atoms with van der Waals surface area (Å²) in [7, 11) is 0. The van der Waals surface area contributed by atoms with Crippen LogP contribution in [0.5, 0.6) is 0 Å². The van der Waals surface area contributed by atoms with Gasteiger partial charge in [-0.1, -0.05) is 24.3 Å². The van der Waals surface area contributed by atoms with Gasteiger partial charge in [-0.15, -0.1) is 11.3 Å². The Bertz CT molecular complexity index is 678. The molecule has 3 nitrogen and oxygen atoms in total. The van der Waals surface area contributed by atoms with Crippen LogP contribution in [0.2, 0.25) is 0 Å². The van der Waals surface area contributed by atoms with Crippen molar-refractivity contribution in [3.8, 4) is 0 Å². The van der Waals surface area contributed by atoms with Crippen LogP contribution < -0.4 is 0 Å². The molecule has 0 unspecified atom stereocenters.